The third-order valence-electron chi connectivity index (χ3n) is 4.99. The Morgan fingerprint density at radius 3 is 1.93 bits per heavy atom. The summed E-state index contributed by atoms with van der Waals surface area (Å²) in [5, 5.41) is 8.81. The number of aryl methyl sites for hydroxylation is 1. The van der Waals surface area contributed by atoms with Gasteiger partial charge < -0.3 is 9.84 Å². The number of benzene rings is 2. The molecule has 0 fully saturated rings. The first kappa shape index (κ1) is 21.5. The van der Waals surface area contributed by atoms with E-state index in [0.717, 1.165) is 44.5 Å². The molecule has 148 valence electrons. The smallest absolute Gasteiger partial charge is 0.119 e. The van der Waals surface area contributed by atoms with Gasteiger partial charge in [-0.05, 0) is 60.9 Å². The molecule has 2 aromatic carbocycles. The summed E-state index contributed by atoms with van der Waals surface area (Å²) in [5.74, 6) is 0.979. The van der Waals surface area contributed by atoms with Crippen LogP contribution in [0.1, 0.15) is 75.0 Å². The van der Waals surface area contributed by atoms with Crippen molar-refractivity contribution in [1.29, 1.82) is 0 Å². The minimum Gasteiger partial charge on any atom is -0.494 e. The Balaban J connectivity index is 1.71. The van der Waals surface area contributed by atoms with E-state index in [4.69, 9.17) is 9.84 Å². The molecule has 0 bridgehead atoms. The fourth-order valence-electron chi connectivity index (χ4n) is 3.28. The van der Waals surface area contributed by atoms with Crippen LogP contribution in [0.2, 0.25) is 0 Å². The van der Waals surface area contributed by atoms with Gasteiger partial charge in [-0.1, -0.05) is 75.4 Å². The van der Waals surface area contributed by atoms with E-state index in [2.05, 4.69) is 55.5 Å². The molecule has 27 heavy (non-hydrogen) atoms. The molecule has 0 aromatic heterocycles. The average molecular weight is 369 g/mol. The number of hydrogen-bond acceptors (Lipinski definition) is 2. The van der Waals surface area contributed by atoms with Crippen molar-refractivity contribution in [3.8, 4) is 5.75 Å². The van der Waals surface area contributed by atoms with E-state index in [0.29, 0.717) is 6.61 Å². The predicted molar refractivity (Wildman–Crippen MR) is 115 cm³/mol. The average Bonchev–Trinajstić information content (AvgIpc) is 2.70. The van der Waals surface area contributed by atoms with Gasteiger partial charge in [0.25, 0.3) is 0 Å². The zero-order valence-electron chi connectivity index (χ0n) is 17.0. The van der Waals surface area contributed by atoms with Gasteiger partial charge >= 0.3 is 0 Å². The summed E-state index contributed by atoms with van der Waals surface area (Å²) in [4.78, 5) is 0. The SMILES string of the molecule is CCCCCCOc1ccc(Cc2ccc(CCCCCCO)cc2)cc1. The molecule has 2 nitrogen and oxygen atoms in total. The quantitative estimate of drug-likeness (QED) is 0.395. The lowest BCUT2D eigenvalue weighted by atomic mass is 10.0. The van der Waals surface area contributed by atoms with Gasteiger partial charge in [-0.25, -0.2) is 0 Å². The number of aliphatic hydroxyl groups is 1. The van der Waals surface area contributed by atoms with Crippen LogP contribution in [0.4, 0.5) is 0 Å². The van der Waals surface area contributed by atoms with Crippen LogP contribution in [-0.4, -0.2) is 18.3 Å². The molecule has 1 N–H and O–H groups in total. The highest BCUT2D eigenvalue weighted by molar-refractivity contribution is 5.32. The lowest BCUT2D eigenvalue weighted by molar-refractivity contribution is 0.282. The third-order valence-corrected chi connectivity index (χ3v) is 4.99. The van der Waals surface area contributed by atoms with E-state index in [-0.39, 0.29) is 0 Å². The summed E-state index contributed by atoms with van der Waals surface area (Å²) in [7, 11) is 0. The van der Waals surface area contributed by atoms with E-state index in [9.17, 15) is 0 Å². The molecule has 0 aliphatic rings. The fraction of sp³-hybridized carbons (Fsp3) is 0.520. The molecule has 0 saturated carbocycles. The maximum absolute atomic E-state index is 8.81. The molecule has 0 heterocycles. The second-order valence-corrected chi connectivity index (χ2v) is 7.43. The van der Waals surface area contributed by atoms with Gasteiger partial charge in [-0.15, -0.1) is 0 Å². The molecule has 0 aliphatic heterocycles. The molecule has 0 aliphatic carbocycles. The minimum atomic E-state index is 0.320. The molecule has 0 spiro atoms. The second kappa shape index (κ2) is 13.4. The standard InChI is InChI=1S/C25H36O2/c1-2-3-4-9-20-27-25-17-15-24(16-18-25)21-23-13-11-22(12-14-23)10-7-5-6-8-19-26/h11-18,26H,2-10,19-21H2,1H3. The van der Waals surface area contributed by atoms with Crippen LogP contribution in [0, 0.1) is 0 Å². The molecule has 0 saturated heterocycles. The van der Waals surface area contributed by atoms with Gasteiger partial charge in [0.05, 0.1) is 6.61 Å². The number of hydrogen-bond donors (Lipinski definition) is 1. The molecular weight excluding hydrogens is 332 g/mol. The van der Waals surface area contributed by atoms with Crippen molar-refractivity contribution in [1.82, 2.24) is 0 Å². The van der Waals surface area contributed by atoms with Crippen LogP contribution in [0.3, 0.4) is 0 Å². The lowest BCUT2D eigenvalue weighted by Gasteiger charge is -2.08. The van der Waals surface area contributed by atoms with Crippen LogP contribution in [-0.2, 0) is 12.8 Å². The van der Waals surface area contributed by atoms with Gasteiger partial charge in [-0.3, -0.25) is 0 Å². The molecule has 0 unspecified atom stereocenters. The summed E-state index contributed by atoms with van der Waals surface area (Å²) < 4.78 is 5.82. The van der Waals surface area contributed by atoms with Gasteiger partial charge in [0.1, 0.15) is 5.75 Å². The van der Waals surface area contributed by atoms with E-state index in [1.165, 1.54) is 48.8 Å². The summed E-state index contributed by atoms with van der Waals surface area (Å²) in [6.45, 7) is 3.37. The number of ether oxygens (including phenoxy) is 1. The summed E-state index contributed by atoms with van der Waals surface area (Å²) in [6, 6.07) is 17.6. The highest BCUT2D eigenvalue weighted by atomic mass is 16.5. The van der Waals surface area contributed by atoms with Crippen molar-refractivity contribution in [3.63, 3.8) is 0 Å². The van der Waals surface area contributed by atoms with Gasteiger partial charge in [0.15, 0.2) is 0 Å². The Hall–Kier alpha value is -1.80. The van der Waals surface area contributed by atoms with Crippen molar-refractivity contribution in [2.45, 2.75) is 71.1 Å². The topological polar surface area (TPSA) is 29.5 Å². The zero-order chi connectivity index (χ0) is 19.2. The third kappa shape index (κ3) is 9.10. The first-order chi connectivity index (χ1) is 13.3. The Bertz CT molecular complexity index is 546. The molecule has 2 rings (SSSR count). The van der Waals surface area contributed by atoms with Crippen LogP contribution in [0.15, 0.2) is 48.5 Å². The Morgan fingerprint density at radius 1 is 0.667 bits per heavy atom. The number of rotatable bonds is 14. The van der Waals surface area contributed by atoms with Crippen molar-refractivity contribution in [3.05, 3.63) is 65.2 Å². The largest absolute Gasteiger partial charge is 0.494 e. The predicted octanol–water partition coefficient (Wildman–Crippen LogP) is 6.33. The number of aliphatic hydroxyl groups excluding tert-OH is 1. The summed E-state index contributed by atoms with van der Waals surface area (Å²) in [6.07, 6.45) is 11.5. The van der Waals surface area contributed by atoms with Crippen LogP contribution < -0.4 is 4.74 Å². The Labute approximate surface area is 165 Å². The molecular formula is C25H36O2. The van der Waals surface area contributed by atoms with Crippen LogP contribution >= 0.6 is 0 Å². The van der Waals surface area contributed by atoms with Crippen molar-refractivity contribution < 1.29 is 9.84 Å². The lowest BCUT2D eigenvalue weighted by Crippen LogP contribution is -1.97. The number of unbranched alkanes of at least 4 members (excludes halogenated alkanes) is 6. The van der Waals surface area contributed by atoms with E-state index in [1.807, 2.05) is 0 Å². The molecule has 0 amide bonds. The van der Waals surface area contributed by atoms with E-state index < -0.39 is 0 Å². The molecule has 2 aromatic rings. The Kier molecular flexibility index (Phi) is 10.7. The van der Waals surface area contributed by atoms with Crippen molar-refractivity contribution >= 4 is 0 Å². The van der Waals surface area contributed by atoms with Gasteiger partial charge in [0, 0.05) is 6.61 Å². The van der Waals surface area contributed by atoms with Crippen LogP contribution in [0.25, 0.3) is 0 Å². The first-order valence-electron chi connectivity index (χ1n) is 10.7. The summed E-state index contributed by atoms with van der Waals surface area (Å²) in [5.41, 5.74) is 4.09. The second-order valence-electron chi connectivity index (χ2n) is 7.43. The van der Waals surface area contributed by atoms with Gasteiger partial charge in [-0.2, -0.15) is 0 Å². The first-order valence-corrected chi connectivity index (χ1v) is 10.7. The Morgan fingerprint density at radius 2 is 1.26 bits per heavy atom. The zero-order valence-corrected chi connectivity index (χ0v) is 17.0. The van der Waals surface area contributed by atoms with Crippen molar-refractivity contribution in [2.75, 3.05) is 13.2 Å². The maximum atomic E-state index is 8.81. The molecule has 2 heteroatoms. The monoisotopic (exact) mass is 368 g/mol. The van der Waals surface area contributed by atoms with Crippen molar-refractivity contribution in [2.24, 2.45) is 0 Å². The van der Waals surface area contributed by atoms with Crippen LogP contribution in [0.5, 0.6) is 5.75 Å². The summed E-state index contributed by atoms with van der Waals surface area (Å²) >= 11 is 0. The van der Waals surface area contributed by atoms with E-state index in [1.54, 1.807) is 0 Å². The maximum Gasteiger partial charge on any atom is 0.119 e. The highest BCUT2D eigenvalue weighted by Gasteiger charge is 2.00. The van der Waals surface area contributed by atoms with Gasteiger partial charge in [0.2, 0.25) is 0 Å². The molecule has 0 atom stereocenters. The minimum absolute atomic E-state index is 0.320. The fourth-order valence-corrected chi connectivity index (χ4v) is 3.28. The van der Waals surface area contributed by atoms with E-state index >= 15 is 0 Å². The normalized spacial score (nSPS) is 10.9. The highest BCUT2D eigenvalue weighted by Crippen LogP contribution is 2.17. The molecule has 0 radical (unpaired) electrons.